The summed E-state index contributed by atoms with van der Waals surface area (Å²) in [5, 5.41) is 15.5. The van der Waals surface area contributed by atoms with Crippen molar-refractivity contribution in [2.75, 3.05) is 17.7 Å². The van der Waals surface area contributed by atoms with Crippen LogP contribution in [-0.2, 0) is 17.6 Å². The third-order valence-electron chi connectivity index (χ3n) is 4.43. The maximum Gasteiger partial charge on any atom is 0.234 e. The number of thioether (sulfide) groups is 1. The molecule has 0 fully saturated rings. The highest BCUT2D eigenvalue weighted by Crippen LogP contribution is 2.24. The van der Waals surface area contributed by atoms with Crippen molar-refractivity contribution in [3.05, 3.63) is 53.6 Å². The highest BCUT2D eigenvalue weighted by Gasteiger charge is 2.14. The summed E-state index contributed by atoms with van der Waals surface area (Å²) in [6.07, 6.45) is 1.74. The maximum absolute atomic E-state index is 12.6. The Morgan fingerprint density at radius 1 is 1.07 bits per heavy atom. The van der Waals surface area contributed by atoms with Crippen LogP contribution < -0.4 is 10.1 Å². The van der Waals surface area contributed by atoms with Crippen LogP contribution in [0.5, 0.6) is 5.75 Å². The van der Waals surface area contributed by atoms with E-state index in [0.29, 0.717) is 11.8 Å². The summed E-state index contributed by atoms with van der Waals surface area (Å²) < 4.78 is 7.08. The molecule has 0 aliphatic heterocycles. The smallest absolute Gasteiger partial charge is 0.234 e. The molecule has 29 heavy (non-hydrogen) atoms. The van der Waals surface area contributed by atoms with Crippen molar-refractivity contribution in [3.63, 3.8) is 0 Å². The lowest BCUT2D eigenvalue weighted by atomic mass is 10.0. The number of para-hydroxylation sites is 1. The molecule has 0 radical (unpaired) electrons. The molecule has 0 aliphatic rings. The van der Waals surface area contributed by atoms with Crippen LogP contribution in [0.15, 0.2) is 47.6 Å². The van der Waals surface area contributed by atoms with Crippen molar-refractivity contribution in [1.82, 2.24) is 20.2 Å². The largest absolute Gasteiger partial charge is 0.494 e. The molecule has 0 spiro atoms. The topological polar surface area (TPSA) is 81.9 Å². The Kier molecular flexibility index (Phi) is 7.24. The fourth-order valence-electron chi connectivity index (χ4n) is 2.99. The van der Waals surface area contributed by atoms with Gasteiger partial charge in [-0.2, -0.15) is 4.68 Å². The van der Waals surface area contributed by atoms with Gasteiger partial charge in [0.15, 0.2) is 0 Å². The normalized spacial score (nSPS) is 10.7. The minimum atomic E-state index is -0.0770. The Hall–Kier alpha value is -2.87. The quantitative estimate of drug-likeness (QED) is 0.538. The van der Waals surface area contributed by atoms with Gasteiger partial charge in [0, 0.05) is 5.69 Å². The van der Waals surface area contributed by atoms with Gasteiger partial charge in [0.25, 0.3) is 0 Å². The van der Waals surface area contributed by atoms with E-state index in [9.17, 15) is 4.79 Å². The lowest BCUT2D eigenvalue weighted by molar-refractivity contribution is -0.113. The van der Waals surface area contributed by atoms with E-state index in [-0.39, 0.29) is 11.7 Å². The van der Waals surface area contributed by atoms with Gasteiger partial charge < -0.3 is 10.1 Å². The van der Waals surface area contributed by atoms with Crippen molar-refractivity contribution < 1.29 is 9.53 Å². The molecule has 2 aromatic carbocycles. The summed E-state index contributed by atoms with van der Waals surface area (Å²) in [6, 6.07) is 13.6. The second-order valence-corrected chi connectivity index (χ2v) is 7.24. The first-order valence-electron chi connectivity index (χ1n) is 9.71. The number of nitrogens with one attached hydrogen (secondary N) is 1. The second kappa shape index (κ2) is 10.1. The summed E-state index contributed by atoms with van der Waals surface area (Å²) in [4.78, 5) is 12.6. The first-order valence-corrected chi connectivity index (χ1v) is 10.7. The van der Waals surface area contributed by atoms with Crippen LogP contribution in [0, 0.1) is 0 Å². The van der Waals surface area contributed by atoms with E-state index >= 15 is 0 Å². The second-order valence-electron chi connectivity index (χ2n) is 6.30. The minimum absolute atomic E-state index is 0.0770. The van der Waals surface area contributed by atoms with Gasteiger partial charge in [-0.15, -0.1) is 5.10 Å². The van der Waals surface area contributed by atoms with Gasteiger partial charge >= 0.3 is 0 Å². The van der Waals surface area contributed by atoms with Crippen LogP contribution in [0.25, 0.3) is 5.69 Å². The number of aryl methyl sites for hydroxylation is 2. The molecule has 1 N–H and O–H groups in total. The summed E-state index contributed by atoms with van der Waals surface area (Å²) in [5.74, 6) is 0.935. The number of ether oxygens (including phenoxy) is 1. The number of benzene rings is 2. The first-order chi connectivity index (χ1) is 14.2. The highest BCUT2D eigenvalue weighted by atomic mass is 32.2. The molecule has 3 aromatic rings. The van der Waals surface area contributed by atoms with Crippen molar-refractivity contribution in [3.8, 4) is 11.4 Å². The van der Waals surface area contributed by atoms with E-state index in [2.05, 4.69) is 34.7 Å². The average molecular weight is 412 g/mol. The zero-order valence-corrected chi connectivity index (χ0v) is 17.7. The van der Waals surface area contributed by atoms with E-state index in [4.69, 9.17) is 4.74 Å². The summed E-state index contributed by atoms with van der Waals surface area (Å²) in [5.41, 5.74) is 4.02. The number of rotatable bonds is 9. The van der Waals surface area contributed by atoms with Gasteiger partial charge in [-0.25, -0.2) is 0 Å². The lowest BCUT2D eigenvalue weighted by Gasteiger charge is -2.14. The van der Waals surface area contributed by atoms with E-state index in [1.807, 2.05) is 49.4 Å². The predicted octanol–water partition coefficient (Wildman–Crippen LogP) is 3.92. The number of aromatic nitrogens is 4. The molecule has 8 heteroatoms. The summed E-state index contributed by atoms with van der Waals surface area (Å²) >= 11 is 1.30. The molecule has 0 saturated heterocycles. The number of carbonyl (C=O) groups excluding carboxylic acids is 1. The van der Waals surface area contributed by atoms with Crippen LogP contribution in [0.1, 0.15) is 31.9 Å². The predicted molar refractivity (Wildman–Crippen MR) is 115 cm³/mol. The number of tetrazole rings is 1. The van der Waals surface area contributed by atoms with Gasteiger partial charge in [-0.05, 0) is 65.6 Å². The standard InChI is InChI=1S/C21H25N5O2S/c1-4-15-8-7-9-16(5-2)20(15)22-19(27)14-29-21-23-24-25-26(21)17-10-12-18(13-11-17)28-6-3/h7-13H,4-6,14H2,1-3H3,(H,22,27). The monoisotopic (exact) mass is 411 g/mol. The van der Waals surface area contributed by atoms with Gasteiger partial charge in [-0.3, -0.25) is 4.79 Å². The third kappa shape index (κ3) is 5.14. The number of nitrogens with zero attached hydrogens (tertiary/aromatic N) is 4. The molecular weight excluding hydrogens is 386 g/mol. The summed E-state index contributed by atoms with van der Waals surface area (Å²) in [7, 11) is 0. The SMILES string of the molecule is CCOc1ccc(-n2nnnc2SCC(=O)Nc2c(CC)cccc2CC)cc1. The Morgan fingerprint density at radius 2 is 1.76 bits per heavy atom. The fourth-order valence-corrected chi connectivity index (χ4v) is 3.68. The Balaban J connectivity index is 1.67. The molecule has 1 aromatic heterocycles. The Morgan fingerprint density at radius 3 is 2.38 bits per heavy atom. The maximum atomic E-state index is 12.6. The molecular formula is C21H25N5O2S. The number of hydrogen-bond donors (Lipinski definition) is 1. The highest BCUT2D eigenvalue weighted by molar-refractivity contribution is 7.99. The molecule has 152 valence electrons. The molecule has 1 heterocycles. The van der Waals surface area contributed by atoms with Gasteiger partial charge in [0.1, 0.15) is 5.75 Å². The van der Waals surface area contributed by atoms with E-state index in [0.717, 1.165) is 41.1 Å². The molecule has 0 unspecified atom stereocenters. The lowest BCUT2D eigenvalue weighted by Crippen LogP contribution is -2.17. The molecule has 0 atom stereocenters. The van der Waals surface area contributed by atoms with Crippen LogP contribution in [0.2, 0.25) is 0 Å². The molecule has 7 nitrogen and oxygen atoms in total. The van der Waals surface area contributed by atoms with Gasteiger partial charge in [0.05, 0.1) is 18.0 Å². The number of anilines is 1. The van der Waals surface area contributed by atoms with Crippen LogP contribution in [-0.4, -0.2) is 38.5 Å². The zero-order chi connectivity index (χ0) is 20.6. The first kappa shape index (κ1) is 20.9. The molecule has 0 aliphatic carbocycles. The number of carbonyl (C=O) groups is 1. The van der Waals surface area contributed by atoms with Crippen molar-refractivity contribution in [2.24, 2.45) is 0 Å². The molecule has 0 bridgehead atoms. The van der Waals surface area contributed by atoms with Crippen LogP contribution >= 0.6 is 11.8 Å². The van der Waals surface area contributed by atoms with E-state index in [1.54, 1.807) is 4.68 Å². The fraction of sp³-hybridized carbons (Fsp3) is 0.333. The average Bonchev–Trinajstić information content (AvgIpc) is 3.22. The van der Waals surface area contributed by atoms with Crippen molar-refractivity contribution >= 4 is 23.4 Å². The molecule has 3 rings (SSSR count). The Bertz CT molecular complexity index is 934. The minimum Gasteiger partial charge on any atom is -0.494 e. The zero-order valence-electron chi connectivity index (χ0n) is 16.9. The van der Waals surface area contributed by atoms with Gasteiger partial charge in [0.2, 0.25) is 11.1 Å². The third-order valence-corrected chi connectivity index (χ3v) is 5.35. The van der Waals surface area contributed by atoms with Gasteiger partial charge in [-0.1, -0.05) is 43.8 Å². The van der Waals surface area contributed by atoms with E-state index < -0.39 is 0 Å². The Labute approximate surface area is 174 Å². The number of amides is 1. The molecule has 1 amide bonds. The number of hydrogen-bond acceptors (Lipinski definition) is 6. The van der Waals surface area contributed by atoms with Crippen molar-refractivity contribution in [1.29, 1.82) is 0 Å². The molecule has 0 saturated carbocycles. The van der Waals surface area contributed by atoms with Crippen molar-refractivity contribution in [2.45, 2.75) is 38.8 Å². The van der Waals surface area contributed by atoms with Crippen LogP contribution in [0.4, 0.5) is 5.69 Å². The van der Waals surface area contributed by atoms with E-state index in [1.165, 1.54) is 11.8 Å². The van der Waals surface area contributed by atoms with Crippen LogP contribution in [0.3, 0.4) is 0 Å². The summed E-state index contributed by atoms with van der Waals surface area (Å²) in [6.45, 7) is 6.73.